The maximum Gasteiger partial charge on any atom is 0.267 e. The number of nitrogens with one attached hydrogen (secondary N) is 1. The average molecular weight is 301 g/mol. The van der Waals surface area contributed by atoms with Crippen molar-refractivity contribution in [3.8, 4) is 0 Å². The van der Waals surface area contributed by atoms with Crippen LogP contribution in [0.25, 0.3) is 0 Å². The summed E-state index contributed by atoms with van der Waals surface area (Å²) >= 11 is 13.2. The van der Waals surface area contributed by atoms with E-state index in [1.165, 1.54) is 11.3 Å². The number of carbonyl (C=O) groups excluding carboxylic acids is 1. The highest BCUT2D eigenvalue weighted by molar-refractivity contribution is 7.13. The molecule has 1 heterocycles. The number of rotatable bonds is 2. The molecular weight excluding hydrogens is 291 g/mol. The van der Waals surface area contributed by atoms with Crippen molar-refractivity contribution in [1.82, 2.24) is 4.98 Å². The molecule has 1 amide bonds. The number of benzene rings is 1. The van der Waals surface area contributed by atoms with Crippen molar-refractivity contribution in [2.24, 2.45) is 0 Å². The monoisotopic (exact) mass is 300 g/mol. The first-order valence-corrected chi connectivity index (χ1v) is 6.75. The molecule has 2 aromatic rings. The lowest BCUT2D eigenvalue weighted by Gasteiger charge is -2.07. The van der Waals surface area contributed by atoms with Crippen LogP contribution in [0.2, 0.25) is 10.0 Å². The van der Waals surface area contributed by atoms with Crippen molar-refractivity contribution >= 4 is 46.1 Å². The zero-order valence-corrected chi connectivity index (χ0v) is 12.1. The van der Waals surface area contributed by atoms with Crippen molar-refractivity contribution in [2.45, 2.75) is 13.8 Å². The van der Waals surface area contributed by atoms with Crippen molar-refractivity contribution < 1.29 is 4.79 Å². The van der Waals surface area contributed by atoms with Crippen LogP contribution in [0.5, 0.6) is 0 Å². The average Bonchev–Trinajstić information content (AvgIpc) is 2.64. The molecule has 1 aromatic carbocycles. The second kappa shape index (κ2) is 5.26. The van der Waals surface area contributed by atoms with E-state index in [1.807, 2.05) is 6.92 Å². The molecule has 0 aliphatic heterocycles. The van der Waals surface area contributed by atoms with Gasteiger partial charge in [0.15, 0.2) is 0 Å². The summed E-state index contributed by atoms with van der Waals surface area (Å²) in [5, 5.41) is 4.34. The van der Waals surface area contributed by atoms with E-state index in [-0.39, 0.29) is 5.91 Å². The second-order valence-corrected chi connectivity index (χ2v) is 5.69. The Morgan fingerprint density at radius 2 is 2.06 bits per heavy atom. The van der Waals surface area contributed by atoms with Gasteiger partial charge >= 0.3 is 0 Å². The molecule has 0 saturated heterocycles. The van der Waals surface area contributed by atoms with Gasteiger partial charge in [-0.1, -0.05) is 29.3 Å². The molecule has 0 aliphatic carbocycles. The molecule has 0 spiro atoms. The largest absolute Gasteiger partial charge is 0.320 e. The van der Waals surface area contributed by atoms with Gasteiger partial charge in [0.25, 0.3) is 5.91 Å². The van der Waals surface area contributed by atoms with Gasteiger partial charge in [-0.15, -0.1) is 11.3 Å². The molecule has 18 heavy (non-hydrogen) atoms. The van der Waals surface area contributed by atoms with Crippen molar-refractivity contribution in [1.29, 1.82) is 0 Å². The molecule has 0 unspecified atom stereocenters. The number of anilines is 1. The highest BCUT2D eigenvalue weighted by atomic mass is 35.5. The van der Waals surface area contributed by atoms with E-state index in [9.17, 15) is 4.79 Å². The standard InChI is InChI=1S/C12H10Cl2N2OS/c1-6-11(18-7(2)15-6)12(17)16-9-5-3-4-8(13)10(9)14/h3-5H,1-2H3,(H,16,17). The van der Waals surface area contributed by atoms with Gasteiger partial charge in [0.2, 0.25) is 0 Å². The molecule has 1 aromatic heterocycles. The van der Waals surface area contributed by atoms with Crippen LogP contribution in [-0.4, -0.2) is 10.9 Å². The molecule has 0 aliphatic rings. The Bertz CT molecular complexity index is 610. The number of thiazole rings is 1. The lowest BCUT2D eigenvalue weighted by atomic mass is 10.3. The summed E-state index contributed by atoms with van der Waals surface area (Å²) in [5.41, 5.74) is 1.22. The van der Waals surface area contributed by atoms with Crippen molar-refractivity contribution in [3.63, 3.8) is 0 Å². The Balaban J connectivity index is 2.27. The molecule has 1 N–H and O–H groups in total. The molecule has 6 heteroatoms. The summed E-state index contributed by atoms with van der Waals surface area (Å²) in [4.78, 5) is 16.9. The van der Waals surface area contributed by atoms with Gasteiger partial charge in [0, 0.05) is 0 Å². The minimum atomic E-state index is -0.220. The summed E-state index contributed by atoms with van der Waals surface area (Å²) in [7, 11) is 0. The molecule has 0 atom stereocenters. The highest BCUT2D eigenvalue weighted by Crippen LogP contribution is 2.30. The Morgan fingerprint density at radius 3 is 2.67 bits per heavy atom. The summed E-state index contributed by atoms with van der Waals surface area (Å²) in [6.07, 6.45) is 0. The third-order valence-electron chi connectivity index (χ3n) is 2.31. The topological polar surface area (TPSA) is 42.0 Å². The number of carbonyl (C=O) groups is 1. The number of hydrogen-bond acceptors (Lipinski definition) is 3. The first-order chi connectivity index (χ1) is 8.49. The van der Waals surface area contributed by atoms with Crippen LogP contribution < -0.4 is 5.32 Å². The van der Waals surface area contributed by atoms with Gasteiger partial charge in [-0.3, -0.25) is 4.79 Å². The summed E-state index contributed by atoms with van der Waals surface area (Å²) in [6.45, 7) is 3.67. The van der Waals surface area contributed by atoms with Crippen molar-refractivity contribution in [3.05, 3.63) is 43.8 Å². The number of nitrogens with zero attached hydrogens (tertiary/aromatic N) is 1. The van der Waals surface area contributed by atoms with Crippen LogP contribution in [0.15, 0.2) is 18.2 Å². The van der Waals surface area contributed by atoms with Crippen LogP contribution in [0.1, 0.15) is 20.4 Å². The normalized spacial score (nSPS) is 10.4. The summed E-state index contributed by atoms with van der Waals surface area (Å²) in [5.74, 6) is -0.220. The minimum Gasteiger partial charge on any atom is -0.320 e. The van der Waals surface area contributed by atoms with Crippen LogP contribution in [0, 0.1) is 13.8 Å². The lowest BCUT2D eigenvalue weighted by Crippen LogP contribution is -2.11. The number of aromatic nitrogens is 1. The van der Waals surface area contributed by atoms with Crippen LogP contribution in [-0.2, 0) is 0 Å². The summed E-state index contributed by atoms with van der Waals surface area (Å²) < 4.78 is 0. The smallest absolute Gasteiger partial charge is 0.267 e. The Hall–Kier alpha value is -1.10. The highest BCUT2D eigenvalue weighted by Gasteiger charge is 2.15. The molecular formula is C12H10Cl2N2OS. The van der Waals surface area contributed by atoms with Gasteiger partial charge < -0.3 is 5.32 Å². The lowest BCUT2D eigenvalue weighted by molar-refractivity contribution is 0.103. The van der Waals surface area contributed by atoms with E-state index in [4.69, 9.17) is 23.2 Å². The van der Waals surface area contributed by atoms with Crippen molar-refractivity contribution in [2.75, 3.05) is 5.32 Å². The Morgan fingerprint density at radius 1 is 1.33 bits per heavy atom. The maximum atomic E-state index is 12.1. The molecule has 3 nitrogen and oxygen atoms in total. The zero-order chi connectivity index (χ0) is 13.3. The minimum absolute atomic E-state index is 0.220. The molecule has 2 rings (SSSR count). The third-order valence-corrected chi connectivity index (χ3v) is 4.20. The van der Waals surface area contributed by atoms with Crippen LogP contribution >= 0.6 is 34.5 Å². The SMILES string of the molecule is Cc1nc(C)c(C(=O)Nc2cccc(Cl)c2Cl)s1. The van der Waals surface area contributed by atoms with E-state index >= 15 is 0 Å². The fourth-order valence-electron chi connectivity index (χ4n) is 1.52. The first-order valence-electron chi connectivity index (χ1n) is 5.18. The number of halogens is 2. The van der Waals surface area contributed by atoms with Gasteiger partial charge in [0.1, 0.15) is 4.88 Å². The first kappa shape index (κ1) is 13.3. The summed E-state index contributed by atoms with van der Waals surface area (Å²) in [6, 6.07) is 5.10. The van der Waals surface area contributed by atoms with E-state index in [0.29, 0.717) is 26.3 Å². The Labute approximate surface area is 119 Å². The van der Waals surface area contributed by atoms with E-state index in [2.05, 4.69) is 10.3 Å². The molecule has 0 fully saturated rings. The van der Waals surface area contributed by atoms with Crippen LogP contribution in [0.3, 0.4) is 0 Å². The van der Waals surface area contributed by atoms with Crippen LogP contribution in [0.4, 0.5) is 5.69 Å². The van der Waals surface area contributed by atoms with Gasteiger partial charge in [-0.25, -0.2) is 4.98 Å². The zero-order valence-electron chi connectivity index (χ0n) is 9.75. The van der Waals surface area contributed by atoms with Gasteiger partial charge in [-0.2, -0.15) is 0 Å². The predicted molar refractivity (Wildman–Crippen MR) is 76.0 cm³/mol. The van der Waals surface area contributed by atoms with Gasteiger partial charge in [-0.05, 0) is 26.0 Å². The fraction of sp³-hybridized carbons (Fsp3) is 0.167. The quantitative estimate of drug-likeness (QED) is 0.897. The fourth-order valence-corrected chi connectivity index (χ4v) is 2.68. The third kappa shape index (κ3) is 2.66. The molecule has 0 bridgehead atoms. The molecule has 94 valence electrons. The molecule has 0 radical (unpaired) electrons. The Kier molecular flexibility index (Phi) is 3.90. The van der Waals surface area contributed by atoms with E-state index < -0.39 is 0 Å². The van der Waals surface area contributed by atoms with E-state index in [1.54, 1.807) is 25.1 Å². The van der Waals surface area contributed by atoms with Gasteiger partial charge in [0.05, 0.1) is 26.4 Å². The number of aryl methyl sites for hydroxylation is 2. The number of amides is 1. The van der Waals surface area contributed by atoms with E-state index in [0.717, 1.165) is 5.01 Å². The second-order valence-electron chi connectivity index (χ2n) is 3.70. The maximum absolute atomic E-state index is 12.1. The predicted octanol–water partition coefficient (Wildman–Crippen LogP) is 4.32. The number of hydrogen-bond donors (Lipinski definition) is 1. The molecule has 0 saturated carbocycles.